The van der Waals surface area contributed by atoms with E-state index < -0.39 is 0 Å². The summed E-state index contributed by atoms with van der Waals surface area (Å²) < 4.78 is 5.20. The van der Waals surface area contributed by atoms with Crippen LogP contribution in [-0.2, 0) is 5.41 Å². The molecule has 0 atom stereocenters. The molecule has 3 rings (SSSR count). The number of carbonyl (C=O) groups is 1. The second kappa shape index (κ2) is 8.33. The van der Waals surface area contributed by atoms with Gasteiger partial charge in [-0.1, -0.05) is 26.0 Å². The molecule has 0 spiro atoms. The molecule has 1 aliphatic heterocycles. The van der Waals surface area contributed by atoms with Crippen LogP contribution in [0.1, 0.15) is 32.3 Å². The van der Waals surface area contributed by atoms with Crippen molar-refractivity contribution in [2.24, 2.45) is 0 Å². The second-order valence-electron chi connectivity index (χ2n) is 7.66. The van der Waals surface area contributed by atoms with Crippen LogP contribution < -0.4 is 20.3 Å². The summed E-state index contributed by atoms with van der Waals surface area (Å²) in [5, 5.41) is 5.89. The lowest BCUT2D eigenvalue weighted by Gasteiger charge is -2.26. The van der Waals surface area contributed by atoms with E-state index in [-0.39, 0.29) is 11.4 Å². The summed E-state index contributed by atoms with van der Waals surface area (Å²) in [7, 11) is 1.66. The summed E-state index contributed by atoms with van der Waals surface area (Å²) in [6, 6.07) is 15.8. The monoisotopic (exact) mass is 367 g/mol. The first-order chi connectivity index (χ1) is 13.0. The molecule has 27 heavy (non-hydrogen) atoms. The second-order valence-corrected chi connectivity index (χ2v) is 7.66. The Bertz CT molecular complexity index is 748. The Labute approximate surface area is 161 Å². The third-order valence-corrected chi connectivity index (χ3v) is 5.16. The van der Waals surface area contributed by atoms with Crippen LogP contribution in [0, 0.1) is 0 Å². The smallest absolute Gasteiger partial charge is 0.319 e. The molecule has 144 valence electrons. The van der Waals surface area contributed by atoms with E-state index in [0.717, 1.165) is 30.1 Å². The van der Waals surface area contributed by atoms with Crippen LogP contribution in [0.3, 0.4) is 0 Å². The standard InChI is InChI=1S/C22H29N3O2/c1-22(2,17-6-12-20(27-3)13-7-17)16-23-21(26)24-18-8-10-19(11-9-18)25-14-4-5-15-25/h6-13H,4-5,14-16H2,1-3H3,(H2,23,24,26). The Morgan fingerprint density at radius 2 is 1.67 bits per heavy atom. The average Bonchev–Trinajstić information content (AvgIpc) is 3.22. The molecule has 5 nitrogen and oxygen atoms in total. The molecule has 0 saturated carbocycles. The summed E-state index contributed by atoms with van der Waals surface area (Å²) in [6.07, 6.45) is 2.51. The largest absolute Gasteiger partial charge is 0.497 e. The van der Waals surface area contributed by atoms with Crippen molar-refractivity contribution in [1.29, 1.82) is 0 Å². The number of amides is 2. The highest BCUT2D eigenvalue weighted by Gasteiger charge is 2.21. The number of benzene rings is 2. The van der Waals surface area contributed by atoms with Crippen molar-refractivity contribution in [2.45, 2.75) is 32.1 Å². The fourth-order valence-corrected chi connectivity index (χ4v) is 3.35. The number of rotatable bonds is 6. The highest BCUT2D eigenvalue weighted by molar-refractivity contribution is 5.89. The number of anilines is 2. The molecule has 1 aliphatic rings. The number of carbonyl (C=O) groups excluding carboxylic acids is 1. The highest BCUT2D eigenvalue weighted by atomic mass is 16.5. The Hall–Kier alpha value is -2.69. The molecule has 0 aromatic heterocycles. The molecular formula is C22H29N3O2. The van der Waals surface area contributed by atoms with Gasteiger partial charge in [-0.15, -0.1) is 0 Å². The van der Waals surface area contributed by atoms with Gasteiger partial charge in [0.25, 0.3) is 0 Å². The molecule has 1 saturated heterocycles. The van der Waals surface area contributed by atoms with Crippen molar-refractivity contribution in [1.82, 2.24) is 5.32 Å². The van der Waals surface area contributed by atoms with Gasteiger partial charge in [0.15, 0.2) is 0 Å². The number of nitrogens with zero attached hydrogens (tertiary/aromatic N) is 1. The van der Waals surface area contributed by atoms with E-state index in [2.05, 4.69) is 41.5 Å². The topological polar surface area (TPSA) is 53.6 Å². The quantitative estimate of drug-likeness (QED) is 0.796. The number of hydrogen-bond donors (Lipinski definition) is 2. The number of urea groups is 1. The Balaban J connectivity index is 1.52. The summed E-state index contributed by atoms with van der Waals surface area (Å²) in [4.78, 5) is 14.7. The minimum Gasteiger partial charge on any atom is -0.497 e. The van der Waals surface area contributed by atoms with E-state index in [1.165, 1.54) is 18.5 Å². The van der Waals surface area contributed by atoms with Crippen LogP contribution in [0.4, 0.5) is 16.2 Å². The molecule has 0 aliphatic carbocycles. The number of methoxy groups -OCH3 is 1. The van der Waals surface area contributed by atoms with Crippen molar-refractivity contribution >= 4 is 17.4 Å². The minimum atomic E-state index is -0.189. The van der Waals surface area contributed by atoms with Gasteiger partial charge in [-0.2, -0.15) is 0 Å². The van der Waals surface area contributed by atoms with Gasteiger partial charge in [-0.05, 0) is 54.8 Å². The van der Waals surface area contributed by atoms with Crippen LogP contribution in [0.15, 0.2) is 48.5 Å². The first kappa shape index (κ1) is 19.1. The van der Waals surface area contributed by atoms with Gasteiger partial charge in [0.2, 0.25) is 0 Å². The Morgan fingerprint density at radius 1 is 1.04 bits per heavy atom. The predicted molar refractivity (Wildman–Crippen MR) is 111 cm³/mol. The van der Waals surface area contributed by atoms with Crippen LogP contribution >= 0.6 is 0 Å². The number of hydrogen-bond acceptors (Lipinski definition) is 3. The van der Waals surface area contributed by atoms with Crippen molar-refractivity contribution in [3.8, 4) is 5.75 Å². The van der Waals surface area contributed by atoms with Gasteiger partial charge in [0, 0.05) is 36.4 Å². The summed E-state index contributed by atoms with van der Waals surface area (Å²) in [6.45, 7) is 7.00. The third-order valence-electron chi connectivity index (χ3n) is 5.16. The van der Waals surface area contributed by atoms with Gasteiger partial charge < -0.3 is 20.3 Å². The molecule has 1 heterocycles. The zero-order chi connectivity index (χ0) is 19.3. The SMILES string of the molecule is COc1ccc(C(C)(C)CNC(=O)Nc2ccc(N3CCCC3)cc2)cc1. The maximum atomic E-state index is 12.3. The van der Waals surface area contributed by atoms with E-state index in [1.807, 2.05) is 36.4 Å². The molecule has 0 unspecified atom stereocenters. The molecule has 5 heteroatoms. The molecule has 2 aromatic carbocycles. The molecule has 2 aromatic rings. The van der Waals surface area contributed by atoms with Crippen molar-refractivity contribution in [2.75, 3.05) is 37.0 Å². The first-order valence-electron chi connectivity index (χ1n) is 9.52. The zero-order valence-electron chi connectivity index (χ0n) is 16.4. The van der Waals surface area contributed by atoms with E-state index in [4.69, 9.17) is 4.74 Å². The summed E-state index contributed by atoms with van der Waals surface area (Å²) in [5.41, 5.74) is 3.00. The van der Waals surface area contributed by atoms with E-state index >= 15 is 0 Å². The predicted octanol–water partition coefficient (Wildman–Crippen LogP) is 4.39. The third kappa shape index (κ3) is 4.94. The minimum absolute atomic E-state index is 0.177. The zero-order valence-corrected chi connectivity index (χ0v) is 16.4. The normalized spacial score (nSPS) is 14.1. The van der Waals surface area contributed by atoms with E-state index in [1.54, 1.807) is 7.11 Å². The van der Waals surface area contributed by atoms with Crippen LogP contribution in [0.2, 0.25) is 0 Å². The van der Waals surface area contributed by atoms with Crippen LogP contribution in [-0.4, -0.2) is 32.8 Å². The Kier molecular flexibility index (Phi) is 5.89. The maximum absolute atomic E-state index is 12.3. The molecule has 0 radical (unpaired) electrons. The number of nitrogens with one attached hydrogen (secondary N) is 2. The first-order valence-corrected chi connectivity index (χ1v) is 9.52. The average molecular weight is 367 g/mol. The molecule has 1 fully saturated rings. The molecular weight excluding hydrogens is 338 g/mol. The van der Waals surface area contributed by atoms with Crippen molar-refractivity contribution in [3.05, 3.63) is 54.1 Å². The fraction of sp³-hybridized carbons (Fsp3) is 0.409. The van der Waals surface area contributed by atoms with Gasteiger partial charge >= 0.3 is 6.03 Å². The lowest BCUT2D eigenvalue weighted by Crippen LogP contribution is -2.38. The highest BCUT2D eigenvalue weighted by Crippen LogP contribution is 2.25. The maximum Gasteiger partial charge on any atom is 0.319 e. The fourth-order valence-electron chi connectivity index (χ4n) is 3.35. The van der Waals surface area contributed by atoms with Crippen LogP contribution in [0.5, 0.6) is 5.75 Å². The van der Waals surface area contributed by atoms with Gasteiger partial charge in [-0.3, -0.25) is 0 Å². The summed E-state index contributed by atoms with van der Waals surface area (Å²) >= 11 is 0. The lowest BCUT2D eigenvalue weighted by molar-refractivity contribution is 0.249. The van der Waals surface area contributed by atoms with Crippen molar-refractivity contribution < 1.29 is 9.53 Å². The molecule has 2 amide bonds. The summed E-state index contributed by atoms with van der Waals surface area (Å²) in [5.74, 6) is 0.831. The lowest BCUT2D eigenvalue weighted by atomic mass is 9.84. The van der Waals surface area contributed by atoms with Gasteiger partial charge in [0.1, 0.15) is 5.75 Å². The van der Waals surface area contributed by atoms with E-state index in [0.29, 0.717) is 6.54 Å². The number of ether oxygens (including phenoxy) is 1. The Morgan fingerprint density at radius 3 is 2.26 bits per heavy atom. The molecule has 0 bridgehead atoms. The van der Waals surface area contributed by atoms with Gasteiger partial charge in [-0.25, -0.2) is 4.79 Å². The van der Waals surface area contributed by atoms with Crippen molar-refractivity contribution in [3.63, 3.8) is 0 Å². The van der Waals surface area contributed by atoms with Gasteiger partial charge in [0.05, 0.1) is 7.11 Å². The molecule has 2 N–H and O–H groups in total. The van der Waals surface area contributed by atoms with Crippen LogP contribution in [0.25, 0.3) is 0 Å². The van der Waals surface area contributed by atoms with E-state index in [9.17, 15) is 4.79 Å².